The molecule has 2 heterocycles. The van der Waals surface area contributed by atoms with E-state index >= 15 is 0 Å². The molecule has 1 spiro atoms. The van der Waals surface area contributed by atoms with E-state index in [4.69, 9.17) is 4.74 Å². The van der Waals surface area contributed by atoms with Crippen LogP contribution < -0.4 is 5.32 Å². The van der Waals surface area contributed by atoms with Gasteiger partial charge in [0.2, 0.25) is 11.8 Å². The topological polar surface area (TPSA) is 58.6 Å². The van der Waals surface area contributed by atoms with Crippen LogP contribution in [-0.2, 0) is 14.3 Å². The average Bonchev–Trinajstić information content (AvgIpc) is 2.89. The number of amides is 2. The molecule has 5 heteroatoms. The minimum atomic E-state index is -0.577. The number of carbonyl (C=O) groups excluding carboxylic acids is 2. The van der Waals surface area contributed by atoms with E-state index in [1.54, 1.807) is 0 Å². The zero-order valence-corrected chi connectivity index (χ0v) is 10.6. The lowest BCUT2D eigenvalue weighted by Gasteiger charge is -2.50. The highest BCUT2D eigenvalue weighted by molar-refractivity contribution is 5.98. The molecular weight excluding hydrogens is 232 g/mol. The fourth-order valence-electron chi connectivity index (χ4n) is 3.64. The molecule has 0 aromatic heterocycles. The van der Waals surface area contributed by atoms with Gasteiger partial charge in [-0.25, -0.2) is 0 Å². The maximum Gasteiger partial charge on any atom is 0.246 e. The number of nitrogens with zero attached hydrogens (tertiary/aromatic N) is 1. The summed E-state index contributed by atoms with van der Waals surface area (Å²) in [5.74, 6) is 0.112. The van der Waals surface area contributed by atoms with Crippen LogP contribution in [0.3, 0.4) is 0 Å². The number of hydrogen-bond acceptors (Lipinski definition) is 3. The van der Waals surface area contributed by atoms with Gasteiger partial charge in [0.25, 0.3) is 0 Å². The summed E-state index contributed by atoms with van der Waals surface area (Å²) in [6, 6.07) is 0.0987. The Hall–Kier alpha value is -1.10. The van der Waals surface area contributed by atoms with Crippen LogP contribution in [0.1, 0.15) is 38.5 Å². The fourth-order valence-corrected chi connectivity index (χ4v) is 3.64. The first-order chi connectivity index (χ1) is 8.74. The highest BCUT2D eigenvalue weighted by Crippen LogP contribution is 2.38. The van der Waals surface area contributed by atoms with Gasteiger partial charge < -0.3 is 15.0 Å². The molecule has 2 aliphatic heterocycles. The van der Waals surface area contributed by atoms with E-state index in [0.29, 0.717) is 13.2 Å². The van der Waals surface area contributed by atoms with Crippen LogP contribution in [0.4, 0.5) is 0 Å². The van der Waals surface area contributed by atoms with Gasteiger partial charge in [0.05, 0.1) is 19.2 Å². The Morgan fingerprint density at radius 1 is 1.22 bits per heavy atom. The van der Waals surface area contributed by atoms with Crippen molar-refractivity contribution in [1.82, 2.24) is 10.2 Å². The number of ether oxygens (including phenoxy) is 1. The number of hydrogen-bond donors (Lipinski definition) is 1. The molecule has 2 saturated heterocycles. The second kappa shape index (κ2) is 4.53. The monoisotopic (exact) mass is 252 g/mol. The second-order valence-corrected chi connectivity index (χ2v) is 5.56. The van der Waals surface area contributed by atoms with Crippen molar-refractivity contribution in [2.24, 2.45) is 0 Å². The second-order valence-electron chi connectivity index (χ2n) is 5.56. The van der Waals surface area contributed by atoms with Crippen LogP contribution >= 0.6 is 0 Å². The van der Waals surface area contributed by atoms with Crippen LogP contribution in [0, 0.1) is 0 Å². The van der Waals surface area contributed by atoms with Crippen LogP contribution in [0.2, 0.25) is 0 Å². The van der Waals surface area contributed by atoms with Gasteiger partial charge in [0.15, 0.2) is 0 Å². The summed E-state index contributed by atoms with van der Waals surface area (Å²) in [4.78, 5) is 26.5. The first-order valence-corrected chi connectivity index (χ1v) is 6.92. The predicted molar refractivity (Wildman–Crippen MR) is 64.9 cm³/mol. The third-order valence-electron chi connectivity index (χ3n) is 4.50. The van der Waals surface area contributed by atoms with Gasteiger partial charge in [0, 0.05) is 6.61 Å². The molecule has 0 bridgehead atoms. The summed E-state index contributed by atoms with van der Waals surface area (Å²) in [5.41, 5.74) is -0.577. The molecule has 1 saturated carbocycles. The average molecular weight is 252 g/mol. The lowest BCUT2D eigenvalue weighted by molar-refractivity contribution is -0.160. The fraction of sp³-hybridized carbons (Fsp3) is 0.846. The normalized spacial score (nSPS) is 31.8. The van der Waals surface area contributed by atoms with E-state index in [1.165, 1.54) is 0 Å². The molecule has 0 aromatic carbocycles. The summed E-state index contributed by atoms with van der Waals surface area (Å²) >= 11 is 0. The molecule has 0 aromatic rings. The van der Waals surface area contributed by atoms with Gasteiger partial charge in [0.1, 0.15) is 5.54 Å². The molecule has 1 atom stereocenters. The highest BCUT2D eigenvalue weighted by Gasteiger charge is 2.52. The first-order valence-electron chi connectivity index (χ1n) is 6.92. The van der Waals surface area contributed by atoms with Crippen molar-refractivity contribution in [3.05, 3.63) is 0 Å². The Kier molecular flexibility index (Phi) is 3.01. The molecule has 0 radical (unpaired) electrons. The number of nitrogens with one attached hydrogen (secondary N) is 1. The molecule has 2 amide bonds. The van der Waals surface area contributed by atoms with Gasteiger partial charge in [-0.3, -0.25) is 9.59 Å². The molecule has 3 aliphatic rings. The van der Waals surface area contributed by atoms with Gasteiger partial charge in [-0.15, -0.1) is 0 Å². The Labute approximate surface area is 107 Å². The standard InChI is InChI=1S/C13H20N2O3/c16-11-8-14-12(17)13(5-2-1-3-6-13)15(11)10-4-7-18-9-10/h10H,1-9H2,(H,14,17). The van der Waals surface area contributed by atoms with E-state index < -0.39 is 5.54 Å². The first kappa shape index (κ1) is 12.0. The van der Waals surface area contributed by atoms with Crippen molar-refractivity contribution in [3.63, 3.8) is 0 Å². The van der Waals surface area contributed by atoms with Gasteiger partial charge in [-0.2, -0.15) is 0 Å². The zero-order chi connectivity index (χ0) is 12.6. The van der Waals surface area contributed by atoms with Gasteiger partial charge in [-0.05, 0) is 19.3 Å². The van der Waals surface area contributed by atoms with Gasteiger partial charge >= 0.3 is 0 Å². The number of piperazine rings is 1. The molecule has 1 unspecified atom stereocenters. The Morgan fingerprint density at radius 2 is 2.00 bits per heavy atom. The lowest BCUT2D eigenvalue weighted by Crippen LogP contribution is -2.70. The molecule has 1 aliphatic carbocycles. The minimum absolute atomic E-state index is 0.0497. The number of rotatable bonds is 1. The molecule has 1 N–H and O–H groups in total. The largest absolute Gasteiger partial charge is 0.379 e. The maximum absolute atomic E-state index is 12.3. The summed E-state index contributed by atoms with van der Waals surface area (Å²) in [7, 11) is 0. The van der Waals surface area contributed by atoms with E-state index in [1.807, 2.05) is 4.90 Å². The van der Waals surface area contributed by atoms with Crippen LogP contribution in [0.15, 0.2) is 0 Å². The Balaban J connectivity index is 1.93. The third-order valence-corrected chi connectivity index (χ3v) is 4.50. The zero-order valence-electron chi connectivity index (χ0n) is 10.6. The van der Waals surface area contributed by atoms with Crippen molar-refractivity contribution in [3.8, 4) is 0 Å². The Morgan fingerprint density at radius 3 is 2.67 bits per heavy atom. The lowest BCUT2D eigenvalue weighted by atomic mass is 9.77. The minimum Gasteiger partial charge on any atom is -0.379 e. The van der Waals surface area contributed by atoms with E-state index in [0.717, 1.165) is 38.5 Å². The van der Waals surface area contributed by atoms with Crippen molar-refractivity contribution in [2.45, 2.75) is 50.1 Å². The van der Waals surface area contributed by atoms with Crippen molar-refractivity contribution in [1.29, 1.82) is 0 Å². The smallest absolute Gasteiger partial charge is 0.246 e. The van der Waals surface area contributed by atoms with E-state index in [-0.39, 0.29) is 24.4 Å². The molecule has 3 rings (SSSR count). The van der Waals surface area contributed by atoms with E-state index in [9.17, 15) is 9.59 Å². The number of carbonyl (C=O) groups is 2. The van der Waals surface area contributed by atoms with Crippen LogP contribution in [-0.4, -0.2) is 48.1 Å². The summed E-state index contributed by atoms with van der Waals surface area (Å²) in [5, 5.41) is 2.77. The van der Waals surface area contributed by atoms with Gasteiger partial charge in [-0.1, -0.05) is 19.3 Å². The molecule has 18 heavy (non-hydrogen) atoms. The van der Waals surface area contributed by atoms with Crippen molar-refractivity contribution < 1.29 is 14.3 Å². The SMILES string of the molecule is O=C1CNC(=O)C2(CCCCC2)N1C1CCOC1. The molecule has 5 nitrogen and oxygen atoms in total. The Bertz CT molecular complexity index is 357. The summed E-state index contributed by atoms with van der Waals surface area (Å²) in [6.07, 6.45) is 5.71. The van der Waals surface area contributed by atoms with Crippen molar-refractivity contribution >= 4 is 11.8 Å². The molecule has 3 fully saturated rings. The summed E-state index contributed by atoms with van der Waals surface area (Å²) < 4.78 is 5.40. The third kappa shape index (κ3) is 1.72. The predicted octanol–water partition coefficient (Wildman–Crippen LogP) is 0.437. The maximum atomic E-state index is 12.3. The molecular formula is C13H20N2O3. The quantitative estimate of drug-likeness (QED) is 0.736. The van der Waals surface area contributed by atoms with Crippen LogP contribution in [0.25, 0.3) is 0 Å². The van der Waals surface area contributed by atoms with Crippen LogP contribution in [0.5, 0.6) is 0 Å². The van der Waals surface area contributed by atoms with E-state index in [2.05, 4.69) is 5.32 Å². The van der Waals surface area contributed by atoms with Crippen molar-refractivity contribution in [2.75, 3.05) is 19.8 Å². The summed E-state index contributed by atoms with van der Waals surface area (Å²) in [6.45, 7) is 1.43. The highest BCUT2D eigenvalue weighted by atomic mass is 16.5. The molecule has 100 valence electrons.